The Labute approximate surface area is 167 Å². The Morgan fingerprint density at radius 3 is 2.92 bits per heavy atom. The molecule has 0 fully saturated rings. The number of halogens is 1. The Bertz CT molecular complexity index is 825. The van der Waals surface area contributed by atoms with Gasteiger partial charge in [-0.3, -0.25) is 10.1 Å². The number of anilines is 1. The van der Waals surface area contributed by atoms with Gasteiger partial charge in [0.15, 0.2) is 5.11 Å². The summed E-state index contributed by atoms with van der Waals surface area (Å²) in [7, 11) is 0. The van der Waals surface area contributed by atoms with E-state index in [2.05, 4.69) is 27.3 Å². The molecular weight excluding hydrogens is 412 g/mol. The Hall–Kier alpha value is -1.92. The van der Waals surface area contributed by atoms with Gasteiger partial charge in [-0.1, -0.05) is 41.1 Å². The molecule has 0 unspecified atom stereocenters. The second kappa shape index (κ2) is 8.64. The monoisotopic (exact) mass is 432 g/mol. The van der Waals surface area contributed by atoms with Crippen LogP contribution >= 0.6 is 28.1 Å². The minimum atomic E-state index is -0.259. The van der Waals surface area contributed by atoms with Gasteiger partial charge in [0.1, 0.15) is 5.75 Å². The average Bonchev–Trinajstić information content (AvgIpc) is 2.66. The maximum absolute atomic E-state index is 12.8. The molecule has 1 aliphatic rings. The zero-order valence-corrected chi connectivity index (χ0v) is 17.0. The molecular formula is C20H21BrN2O2S. The molecule has 1 aliphatic heterocycles. The first kappa shape index (κ1) is 18.9. The van der Waals surface area contributed by atoms with Crippen molar-refractivity contribution in [1.29, 1.82) is 0 Å². The fraction of sp³-hybridized carbons (Fsp3) is 0.300. The SMILES string of the molecule is CCCOc1ccc(Br)cc1C(=O)NC(=S)N1CCCc2ccccc21. The molecule has 4 nitrogen and oxygen atoms in total. The lowest BCUT2D eigenvalue weighted by Gasteiger charge is -2.31. The predicted molar refractivity (Wildman–Crippen MR) is 112 cm³/mol. The summed E-state index contributed by atoms with van der Waals surface area (Å²) in [6.07, 6.45) is 2.92. The van der Waals surface area contributed by atoms with Gasteiger partial charge in [0.2, 0.25) is 0 Å². The van der Waals surface area contributed by atoms with Crippen LogP contribution in [-0.2, 0) is 6.42 Å². The van der Waals surface area contributed by atoms with E-state index in [0.29, 0.717) is 23.0 Å². The number of para-hydroxylation sites is 1. The Morgan fingerprint density at radius 1 is 1.31 bits per heavy atom. The molecule has 0 radical (unpaired) electrons. The van der Waals surface area contributed by atoms with Crippen molar-refractivity contribution in [2.75, 3.05) is 18.1 Å². The molecule has 26 heavy (non-hydrogen) atoms. The molecule has 1 amide bonds. The van der Waals surface area contributed by atoms with Crippen LogP contribution in [0, 0.1) is 0 Å². The van der Waals surface area contributed by atoms with Gasteiger partial charge in [0, 0.05) is 16.7 Å². The van der Waals surface area contributed by atoms with Crippen LogP contribution in [0.25, 0.3) is 0 Å². The van der Waals surface area contributed by atoms with E-state index >= 15 is 0 Å². The molecule has 1 heterocycles. The third-order valence-electron chi connectivity index (χ3n) is 4.22. The van der Waals surface area contributed by atoms with Crippen molar-refractivity contribution in [1.82, 2.24) is 5.32 Å². The molecule has 2 aromatic rings. The van der Waals surface area contributed by atoms with Gasteiger partial charge >= 0.3 is 0 Å². The molecule has 6 heteroatoms. The summed E-state index contributed by atoms with van der Waals surface area (Å²) in [5.41, 5.74) is 2.80. The molecule has 0 atom stereocenters. The molecule has 2 aromatic carbocycles. The number of carbonyl (C=O) groups excluding carboxylic acids is 1. The van der Waals surface area contributed by atoms with Crippen LogP contribution in [0.3, 0.4) is 0 Å². The van der Waals surface area contributed by atoms with E-state index in [1.165, 1.54) is 5.56 Å². The number of aryl methyl sites for hydroxylation is 1. The summed E-state index contributed by atoms with van der Waals surface area (Å²) in [5, 5.41) is 3.29. The maximum Gasteiger partial charge on any atom is 0.261 e. The van der Waals surface area contributed by atoms with Crippen molar-refractivity contribution in [2.24, 2.45) is 0 Å². The van der Waals surface area contributed by atoms with Crippen LogP contribution < -0.4 is 15.0 Å². The van der Waals surface area contributed by atoms with Gasteiger partial charge in [0.25, 0.3) is 5.91 Å². The second-order valence-electron chi connectivity index (χ2n) is 6.13. The number of carbonyl (C=O) groups is 1. The summed E-state index contributed by atoms with van der Waals surface area (Å²) in [4.78, 5) is 14.8. The van der Waals surface area contributed by atoms with E-state index in [4.69, 9.17) is 17.0 Å². The molecule has 0 bridgehead atoms. The van der Waals surface area contributed by atoms with Crippen LogP contribution in [0.15, 0.2) is 46.9 Å². The molecule has 0 aliphatic carbocycles. The van der Waals surface area contributed by atoms with Gasteiger partial charge in [-0.2, -0.15) is 0 Å². The number of benzene rings is 2. The van der Waals surface area contributed by atoms with E-state index < -0.39 is 0 Å². The largest absolute Gasteiger partial charge is 0.493 e. The molecule has 0 spiro atoms. The van der Waals surface area contributed by atoms with E-state index in [0.717, 1.165) is 36.0 Å². The Morgan fingerprint density at radius 2 is 2.12 bits per heavy atom. The first-order chi connectivity index (χ1) is 12.6. The summed E-state index contributed by atoms with van der Waals surface area (Å²) >= 11 is 8.95. The summed E-state index contributed by atoms with van der Waals surface area (Å²) in [5.74, 6) is 0.305. The minimum Gasteiger partial charge on any atom is -0.493 e. The quantitative estimate of drug-likeness (QED) is 0.710. The number of hydrogen-bond acceptors (Lipinski definition) is 3. The number of nitrogens with zero attached hydrogens (tertiary/aromatic N) is 1. The van der Waals surface area contributed by atoms with E-state index in [1.54, 1.807) is 12.1 Å². The van der Waals surface area contributed by atoms with Gasteiger partial charge in [-0.05, 0) is 61.3 Å². The van der Waals surface area contributed by atoms with Crippen molar-refractivity contribution in [2.45, 2.75) is 26.2 Å². The van der Waals surface area contributed by atoms with Crippen LogP contribution in [0.5, 0.6) is 5.75 Å². The Balaban J connectivity index is 1.78. The van der Waals surface area contributed by atoms with E-state index in [1.807, 2.05) is 36.1 Å². The number of thiocarbonyl (C=S) groups is 1. The lowest BCUT2D eigenvalue weighted by Crippen LogP contribution is -2.45. The first-order valence-electron chi connectivity index (χ1n) is 8.73. The highest BCUT2D eigenvalue weighted by atomic mass is 79.9. The highest BCUT2D eigenvalue weighted by Gasteiger charge is 2.22. The van der Waals surface area contributed by atoms with E-state index in [-0.39, 0.29) is 5.91 Å². The number of rotatable bonds is 4. The first-order valence-corrected chi connectivity index (χ1v) is 9.93. The zero-order chi connectivity index (χ0) is 18.5. The third-order valence-corrected chi connectivity index (χ3v) is 5.04. The lowest BCUT2D eigenvalue weighted by molar-refractivity contribution is 0.0973. The maximum atomic E-state index is 12.8. The van der Waals surface area contributed by atoms with Crippen molar-refractivity contribution >= 4 is 44.9 Å². The van der Waals surface area contributed by atoms with Crippen LogP contribution in [0.4, 0.5) is 5.69 Å². The molecule has 0 aromatic heterocycles. The summed E-state index contributed by atoms with van der Waals surface area (Å²) in [6.45, 7) is 3.39. The number of ether oxygens (including phenoxy) is 1. The number of nitrogens with one attached hydrogen (secondary N) is 1. The second-order valence-corrected chi connectivity index (χ2v) is 7.43. The number of hydrogen-bond donors (Lipinski definition) is 1. The molecule has 0 saturated heterocycles. The number of amides is 1. The van der Waals surface area contributed by atoms with Crippen molar-refractivity contribution in [3.8, 4) is 5.75 Å². The van der Waals surface area contributed by atoms with Gasteiger partial charge in [0.05, 0.1) is 12.2 Å². The highest BCUT2D eigenvalue weighted by molar-refractivity contribution is 9.10. The average molecular weight is 433 g/mol. The van der Waals surface area contributed by atoms with Crippen LogP contribution in [0.1, 0.15) is 35.7 Å². The van der Waals surface area contributed by atoms with Gasteiger partial charge < -0.3 is 9.64 Å². The van der Waals surface area contributed by atoms with Crippen molar-refractivity contribution in [3.05, 3.63) is 58.1 Å². The van der Waals surface area contributed by atoms with Crippen molar-refractivity contribution < 1.29 is 9.53 Å². The lowest BCUT2D eigenvalue weighted by atomic mass is 10.0. The van der Waals surface area contributed by atoms with Crippen molar-refractivity contribution in [3.63, 3.8) is 0 Å². The topological polar surface area (TPSA) is 41.6 Å². The molecule has 136 valence electrons. The predicted octanol–water partition coefficient (Wildman–Crippen LogP) is 4.71. The van der Waals surface area contributed by atoms with Crippen LogP contribution in [-0.4, -0.2) is 24.2 Å². The van der Waals surface area contributed by atoms with Gasteiger partial charge in [-0.25, -0.2) is 0 Å². The third kappa shape index (κ3) is 4.24. The zero-order valence-electron chi connectivity index (χ0n) is 14.6. The Kier molecular flexibility index (Phi) is 6.27. The number of fused-ring (bicyclic) bond motifs is 1. The van der Waals surface area contributed by atoms with E-state index in [9.17, 15) is 4.79 Å². The fourth-order valence-electron chi connectivity index (χ4n) is 2.99. The van der Waals surface area contributed by atoms with Gasteiger partial charge in [-0.15, -0.1) is 0 Å². The minimum absolute atomic E-state index is 0.259. The normalized spacial score (nSPS) is 13.1. The summed E-state index contributed by atoms with van der Waals surface area (Å²) in [6, 6.07) is 13.6. The molecule has 3 rings (SSSR count). The van der Waals surface area contributed by atoms with Crippen LogP contribution in [0.2, 0.25) is 0 Å². The highest BCUT2D eigenvalue weighted by Crippen LogP contribution is 2.27. The molecule has 1 N–H and O–H groups in total. The molecule has 0 saturated carbocycles. The fourth-order valence-corrected chi connectivity index (χ4v) is 3.64. The standard InChI is InChI=1S/C20H21BrN2O2S/c1-2-12-25-18-10-9-15(21)13-16(18)19(24)22-20(26)23-11-5-7-14-6-3-4-8-17(14)23/h3-4,6,8-10,13H,2,5,7,11-12H2,1H3,(H,22,24,26). The summed E-state index contributed by atoms with van der Waals surface area (Å²) < 4.78 is 6.53. The smallest absolute Gasteiger partial charge is 0.261 e.